The van der Waals surface area contributed by atoms with Gasteiger partial charge in [0, 0.05) is 6.15 Å². The van der Waals surface area contributed by atoms with E-state index in [1.54, 1.807) is 6.08 Å². The van der Waals surface area contributed by atoms with Gasteiger partial charge in [-0.3, -0.25) is 0 Å². The first-order valence-electron chi connectivity index (χ1n) is 2.73. The predicted molar refractivity (Wildman–Crippen MR) is 32.9 cm³/mol. The molecule has 3 heteroatoms. The first-order valence-corrected chi connectivity index (χ1v) is 2.73. The highest BCUT2D eigenvalue weighted by Gasteiger charge is 2.21. The summed E-state index contributed by atoms with van der Waals surface area (Å²) in [6.07, 6.45) is 2.12. The van der Waals surface area contributed by atoms with Crippen LogP contribution in [0.3, 0.4) is 0 Å². The monoisotopic (exact) mass is 128 g/mol. The lowest BCUT2D eigenvalue weighted by molar-refractivity contribution is 0.141. The Bertz CT molecular complexity index is 81.1. The van der Waals surface area contributed by atoms with E-state index in [1.807, 2.05) is 0 Å². The summed E-state index contributed by atoms with van der Waals surface area (Å²) in [7, 11) is 0. The van der Waals surface area contributed by atoms with Gasteiger partial charge in [0.1, 0.15) is 6.10 Å². The molecule has 3 nitrogen and oxygen atoms in total. The van der Waals surface area contributed by atoms with Gasteiger partial charge in [-0.1, -0.05) is 6.08 Å². The molecule has 9 heavy (non-hydrogen) atoms. The van der Waals surface area contributed by atoms with Crippen molar-refractivity contribution < 1.29 is 9.47 Å². The summed E-state index contributed by atoms with van der Waals surface area (Å²) < 4.78 is 9.96. The van der Waals surface area contributed by atoms with Gasteiger partial charge in [-0.25, -0.2) is 0 Å². The van der Waals surface area contributed by atoms with Crippen molar-refractivity contribution in [1.82, 2.24) is 6.15 Å². The van der Waals surface area contributed by atoms with Crippen LogP contribution in [0.2, 0.25) is 0 Å². The molecule has 1 unspecified atom stereocenters. The lowest BCUT2D eigenvalue weighted by Crippen LogP contribution is -2.00. The quantitative estimate of drug-likeness (QED) is 0.306. The maximum atomic E-state index is 5.06. The van der Waals surface area contributed by atoms with Crippen LogP contribution in [0.25, 0.3) is 0 Å². The van der Waals surface area contributed by atoms with Crippen LogP contribution in [0.5, 0.6) is 0 Å². The fourth-order valence-electron chi connectivity index (χ4n) is 0.447. The van der Waals surface area contributed by atoms with Crippen molar-refractivity contribution in [1.29, 1.82) is 0 Å². The summed E-state index contributed by atoms with van der Waals surface area (Å²) in [6, 6.07) is 0. The molecule has 1 saturated heterocycles. The topological polar surface area (TPSA) is 52.3 Å². The van der Waals surface area contributed by atoms with E-state index in [9.17, 15) is 0 Å². The Morgan fingerprint density at radius 2 is 2.44 bits per heavy atom. The molecule has 51 valence electrons. The molecule has 0 aliphatic carbocycles. The third-order valence-corrected chi connectivity index (χ3v) is 0.942. The average Bonchev–Trinajstić information content (AvgIpc) is 2.51. The van der Waals surface area contributed by atoms with E-state index < -0.39 is 0 Å². The summed E-state index contributed by atoms with van der Waals surface area (Å²) in [5, 5.41) is 0. The van der Waals surface area contributed by atoms with Crippen LogP contribution in [0, 0.1) is 0 Å². The van der Waals surface area contributed by atoms with E-state index in [0.29, 0.717) is 12.7 Å². The van der Waals surface area contributed by atoms with Crippen LogP contribution in [0.4, 0.5) is 0 Å². The highest BCUT2D eigenvalue weighted by atomic mass is 16.6. The minimum Gasteiger partial charge on any atom is -0.375 e. The highest BCUT2D eigenvalue weighted by molar-refractivity contribution is 4.70. The molecule has 0 amide bonds. The van der Waals surface area contributed by atoms with E-state index >= 15 is 0 Å². The molecular formula is C6H10NO2. The molecule has 0 aromatic rings. The molecule has 0 bridgehead atoms. The van der Waals surface area contributed by atoms with E-state index in [0.717, 1.165) is 13.2 Å². The fraction of sp³-hybridized carbons (Fsp3) is 0.667. The zero-order valence-corrected chi connectivity index (χ0v) is 5.25. The molecule has 1 atom stereocenters. The summed E-state index contributed by atoms with van der Waals surface area (Å²) >= 11 is 0. The summed E-state index contributed by atoms with van der Waals surface area (Å²) in [5.41, 5.74) is 0. The normalized spacial score (nSPS) is 22.4. The van der Waals surface area contributed by atoms with Crippen molar-refractivity contribution in [3.05, 3.63) is 12.7 Å². The zero-order valence-electron chi connectivity index (χ0n) is 5.25. The Hall–Kier alpha value is -0.380. The van der Waals surface area contributed by atoms with Crippen LogP contribution >= 0.6 is 0 Å². The molecule has 0 aromatic heterocycles. The van der Waals surface area contributed by atoms with Crippen molar-refractivity contribution in [3.8, 4) is 0 Å². The molecule has 0 spiro atoms. The number of nitrogens with zero attached hydrogens (tertiary/aromatic N) is 1. The van der Waals surface area contributed by atoms with E-state index in [4.69, 9.17) is 9.47 Å². The molecule has 0 aromatic carbocycles. The number of hydrogen-bond acceptors (Lipinski definition) is 2. The Labute approximate surface area is 55.2 Å². The van der Waals surface area contributed by atoms with E-state index in [1.165, 1.54) is 0 Å². The average molecular weight is 128 g/mol. The van der Waals surface area contributed by atoms with Crippen molar-refractivity contribution in [3.63, 3.8) is 0 Å². The van der Waals surface area contributed by atoms with Gasteiger partial charge in [0.15, 0.2) is 0 Å². The van der Waals surface area contributed by atoms with Crippen LogP contribution in [0.1, 0.15) is 0 Å². The van der Waals surface area contributed by atoms with Gasteiger partial charge in [0.2, 0.25) is 0 Å². The summed E-state index contributed by atoms with van der Waals surface area (Å²) in [4.78, 5) is 0. The highest BCUT2D eigenvalue weighted by Crippen LogP contribution is 2.07. The minimum atomic E-state index is 0. The standard InChI is InChI=1S/C6H10O2.N/c1-2-3-7-4-6-5-8-6;/h2,6H,1,3-5H2;. The maximum Gasteiger partial charge on any atom is 0.104 e. The molecule has 1 aliphatic heterocycles. The van der Waals surface area contributed by atoms with Gasteiger partial charge in [0.25, 0.3) is 0 Å². The number of ether oxygens (including phenoxy) is 2. The summed E-state index contributed by atoms with van der Waals surface area (Å²) in [6.45, 7) is 5.75. The van der Waals surface area contributed by atoms with Crippen LogP contribution in [0.15, 0.2) is 12.7 Å². The largest absolute Gasteiger partial charge is 0.375 e. The molecule has 1 fully saturated rings. The van der Waals surface area contributed by atoms with Crippen LogP contribution < -0.4 is 6.15 Å². The number of rotatable bonds is 4. The van der Waals surface area contributed by atoms with E-state index in [2.05, 4.69) is 6.58 Å². The first kappa shape index (κ1) is 8.62. The predicted octanol–water partition coefficient (Wildman–Crippen LogP) is 0.107. The van der Waals surface area contributed by atoms with Crippen LogP contribution in [-0.4, -0.2) is 25.9 Å². The SMILES string of the molecule is C=CCOCC1CO1.[N]. The number of hydrogen-bond donors (Lipinski definition) is 0. The van der Waals surface area contributed by atoms with Gasteiger partial charge in [0.05, 0.1) is 19.8 Å². The second kappa shape index (κ2) is 4.49. The molecular weight excluding hydrogens is 118 g/mol. The Morgan fingerprint density at radius 3 is 2.89 bits per heavy atom. The third kappa shape index (κ3) is 4.14. The Balaban J connectivity index is 0.000000640. The van der Waals surface area contributed by atoms with E-state index in [-0.39, 0.29) is 6.15 Å². The molecule has 1 rings (SSSR count). The lowest BCUT2D eigenvalue weighted by Gasteiger charge is -1.92. The minimum absolute atomic E-state index is 0. The van der Waals surface area contributed by atoms with Gasteiger partial charge in [-0.15, -0.1) is 6.58 Å². The van der Waals surface area contributed by atoms with Crippen molar-refractivity contribution >= 4 is 0 Å². The smallest absolute Gasteiger partial charge is 0.104 e. The summed E-state index contributed by atoms with van der Waals surface area (Å²) in [5.74, 6) is 0. The van der Waals surface area contributed by atoms with Gasteiger partial charge in [-0.05, 0) is 0 Å². The lowest BCUT2D eigenvalue weighted by atomic mass is 10.5. The Kier molecular flexibility index (Phi) is 4.30. The number of epoxide rings is 1. The van der Waals surface area contributed by atoms with Crippen molar-refractivity contribution in [2.45, 2.75) is 6.10 Å². The molecule has 0 N–H and O–H groups in total. The van der Waals surface area contributed by atoms with Crippen LogP contribution in [-0.2, 0) is 9.47 Å². The molecule has 3 radical (unpaired) electrons. The Morgan fingerprint density at radius 1 is 1.78 bits per heavy atom. The van der Waals surface area contributed by atoms with Crippen molar-refractivity contribution in [2.24, 2.45) is 0 Å². The second-order valence-electron chi connectivity index (χ2n) is 1.78. The fourth-order valence-corrected chi connectivity index (χ4v) is 0.447. The molecule has 1 aliphatic rings. The zero-order chi connectivity index (χ0) is 5.82. The van der Waals surface area contributed by atoms with Gasteiger partial charge < -0.3 is 9.47 Å². The van der Waals surface area contributed by atoms with Crippen molar-refractivity contribution in [2.75, 3.05) is 19.8 Å². The molecule has 1 heterocycles. The second-order valence-corrected chi connectivity index (χ2v) is 1.78. The van der Waals surface area contributed by atoms with Gasteiger partial charge in [-0.2, -0.15) is 0 Å². The third-order valence-electron chi connectivity index (χ3n) is 0.942. The molecule has 0 saturated carbocycles. The first-order chi connectivity index (χ1) is 3.93. The maximum absolute atomic E-state index is 5.06. The van der Waals surface area contributed by atoms with Gasteiger partial charge >= 0.3 is 0 Å².